The summed E-state index contributed by atoms with van der Waals surface area (Å²) in [5, 5.41) is 37.4. The van der Waals surface area contributed by atoms with Crippen LogP contribution in [-0.4, -0.2) is 94.6 Å². The van der Waals surface area contributed by atoms with E-state index in [-0.39, 0.29) is 34.5 Å². The minimum Gasteiger partial charge on any atom is -0.356 e. The molecular weight excluding hydrogens is 1770 g/mol. The number of aryl methyl sites for hydroxylation is 11. The Kier molecular flexibility index (Phi) is 26.8. The summed E-state index contributed by atoms with van der Waals surface area (Å²) in [7, 11) is 0. The molecule has 0 atom stereocenters. The van der Waals surface area contributed by atoms with Crippen LogP contribution >= 0.6 is 11.5 Å². The third-order valence-corrected chi connectivity index (χ3v) is 22.7. The van der Waals surface area contributed by atoms with E-state index in [4.69, 9.17) is 22.6 Å². The summed E-state index contributed by atoms with van der Waals surface area (Å²) in [6.45, 7) is 21.2. The zero-order chi connectivity index (χ0) is 95.9. The lowest BCUT2D eigenvalue weighted by molar-refractivity contribution is 0.101. The van der Waals surface area contributed by atoms with E-state index < -0.39 is 69.7 Å². The molecule has 678 valence electrons. The van der Waals surface area contributed by atoms with Gasteiger partial charge < -0.3 is 49.2 Å². The Labute approximate surface area is 772 Å². The molecule has 0 aliphatic heterocycles. The van der Waals surface area contributed by atoms with E-state index in [1.54, 1.807) is 67.4 Å². The maximum absolute atomic E-state index is 13.7. The summed E-state index contributed by atoms with van der Waals surface area (Å²) in [4.78, 5) is 91.3. The van der Waals surface area contributed by atoms with Crippen molar-refractivity contribution in [3.05, 3.63) is 355 Å². The van der Waals surface area contributed by atoms with Gasteiger partial charge in [0.25, 0.3) is 29.5 Å². The smallest absolute Gasteiger partial charge is 0.268 e. The van der Waals surface area contributed by atoms with Crippen molar-refractivity contribution in [1.82, 2.24) is 65.0 Å². The summed E-state index contributed by atoms with van der Waals surface area (Å²) in [5.41, 5.74) is 20.7. The maximum Gasteiger partial charge on any atom is 0.268 e. The molecule has 0 aliphatic carbocycles. The molecule has 0 saturated heterocycles. The van der Waals surface area contributed by atoms with Crippen LogP contribution in [0.3, 0.4) is 0 Å². The highest BCUT2D eigenvalue weighted by atomic mass is 32.1. The lowest BCUT2D eigenvalue weighted by atomic mass is 10.00. The molecule has 5 amide bonds. The largest absolute Gasteiger partial charge is 0.356 e. The first-order valence-corrected chi connectivity index (χ1v) is 42.5. The molecule has 28 nitrogen and oxygen atoms in total. The molecule has 5 N–H and O–H groups in total. The molecule has 11 heterocycles. The first-order valence-electron chi connectivity index (χ1n) is 41.7. The van der Waals surface area contributed by atoms with Crippen LogP contribution in [0.15, 0.2) is 254 Å². The van der Waals surface area contributed by atoms with E-state index in [1.165, 1.54) is 78.7 Å². The van der Waals surface area contributed by atoms with Gasteiger partial charge in [-0.2, -0.15) is 0 Å². The van der Waals surface area contributed by atoms with Crippen molar-refractivity contribution >= 4 is 125 Å². The number of nitrogens with zero attached hydrogens (tertiary/aromatic N) is 13. The van der Waals surface area contributed by atoms with Crippen molar-refractivity contribution in [3.8, 4) is 55.9 Å². The fourth-order valence-corrected chi connectivity index (χ4v) is 15.3. The molecule has 0 spiro atoms. The number of halogens is 6. The first kappa shape index (κ1) is 91.8. The van der Waals surface area contributed by atoms with Crippen molar-refractivity contribution < 1.29 is 72.9 Å². The average molecular weight is 1850 g/mol. The number of rotatable bonds is 15. The van der Waals surface area contributed by atoms with Crippen LogP contribution in [0.25, 0.3) is 111 Å². The quantitative estimate of drug-likeness (QED) is 0.0595. The Morgan fingerprint density at radius 3 is 0.838 bits per heavy atom. The normalized spacial score (nSPS) is 11.0. The third-order valence-electron chi connectivity index (χ3n) is 21.8. The van der Waals surface area contributed by atoms with Gasteiger partial charge in [0.05, 0.1) is 75.8 Å². The van der Waals surface area contributed by atoms with Gasteiger partial charge in [-0.05, 0) is 283 Å². The van der Waals surface area contributed by atoms with Crippen LogP contribution in [-0.2, 0) is 0 Å². The number of nitrogens with one attached hydrogen (secondary N) is 5. The van der Waals surface area contributed by atoms with Crippen LogP contribution in [0.5, 0.6) is 0 Å². The highest BCUT2D eigenvalue weighted by Crippen LogP contribution is 2.37. The third kappa shape index (κ3) is 20.2. The van der Waals surface area contributed by atoms with Crippen LogP contribution in [0.4, 0.5) is 55.4 Å². The van der Waals surface area contributed by atoms with Crippen LogP contribution in [0, 0.1) is 111 Å². The Morgan fingerprint density at radius 2 is 0.544 bits per heavy atom. The molecule has 0 unspecified atom stereocenters. The number of fused-ring (bicyclic) bond motifs is 5. The number of aromatic nitrogens is 13. The second kappa shape index (κ2) is 39.7. The van der Waals surface area contributed by atoms with E-state index in [1.807, 2.05) is 143 Å². The van der Waals surface area contributed by atoms with Gasteiger partial charge in [-0.3, -0.25) is 33.9 Å². The molecule has 9 aromatic carbocycles. The Bertz CT molecular complexity index is 7570. The molecule has 35 heteroatoms. The minimum atomic E-state index is -0.951. The van der Waals surface area contributed by atoms with E-state index in [0.29, 0.717) is 50.2 Å². The molecule has 0 saturated carbocycles. The van der Waals surface area contributed by atoms with Crippen LogP contribution < -0.4 is 26.6 Å². The van der Waals surface area contributed by atoms with E-state index in [0.717, 1.165) is 163 Å². The second-order valence-corrected chi connectivity index (χ2v) is 32.1. The van der Waals surface area contributed by atoms with Gasteiger partial charge in [-0.1, -0.05) is 62.2 Å². The standard InChI is InChI=1S/C21H15F2N3O2.C21H16FN3O2.C20H14F2N4O2.C20H15FN4O2.C19H16N4O2S/c1-11-8-15-12(2)26-28-18(15)9-14(11)13-6-7-19(24-10-13)25-21(27)20-16(22)4-3-5-17(20)23;1-12-9-17-13(2)25-27-19(17)10-16(12)14-7-8-20(23-11-14)24-21(26)15-5-3-4-6-18(15)22;1-10-6-13-11(2)26-28-17(13)7-12(10)16-8-24-18(9-23-16)25-20(27)19-14(21)4-3-5-15(19)22;1-11-7-15-12(2)25-27-18(15)8-14(11)17-9-23-19(10-22-17)24-20(26)13-5-3-4-6-16(13)21;1-10-6-15-12(3)23-25-16(15)7-14(10)13-4-5-17(20-9-13)22-19(24)18-11(2)8-21-26-18/h3-10H,1-2H3,(H,24,25,27);3-11H,1-2H3,(H,23,24,26);3-9H,1-2H3,(H,24,25,27);3-10H,1-2H3,(H,23,24,26);4-9H,1-3H3,(H,20,22,24). The molecule has 0 aliphatic rings. The number of hydrogen-bond donors (Lipinski definition) is 5. The highest BCUT2D eigenvalue weighted by Gasteiger charge is 2.24. The fraction of sp³-hybridized carbons (Fsp3) is 0.109. The Hall–Kier alpha value is -17.5. The van der Waals surface area contributed by atoms with Gasteiger partial charge in [0.15, 0.2) is 39.6 Å². The Balaban J connectivity index is 0.000000123. The molecule has 136 heavy (non-hydrogen) atoms. The number of carbonyl (C=O) groups excluding carboxylic acids is 5. The van der Waals surface area contributed by atoms with Gasteiger partial charge in [-0.15, -0.1) is 0 Å². The SMILES string of the molecule is Cc1cc2c(C)noc2cc1-c1ccc(NC(=O)c2c(F)cccc2F)nc1.Cc1cc2c(C)noc2cc1-c1ccc(NC(=O)c2ccccc2F)nc1.Cc1cc2c(C)noc2cc1-c1ccc(NC(=O)c2sncc2C)nc1.Cc1cc2c(C)noc2cc1-c1cnc(NC(=O)c2c(F)cccc2F)cn1.Cc1cc2c(C)noc2cc1-c1cnc(NC(=O)c2ccccc2F)cn1. The number of hydrogen-bond acceptors (Lipinski definition) is 24. The van der Waals surface area contributed by atoms with Gasteiger partial charge in [0.2, 0.25) is 0 Å². The number of amides is 5. The van der Waals surface area contributed by atoms with E-state index in [9.17, 15) is 50.3 Å². The fourth-order valence-electron chi connectivity index (χ4n) is 14.6. The van der Waals surface area contributed by atoms with Crippen LogP contribution in [0.2, 0.25) is 0 Å². The first-order chi connectivity index (χ1) is 65.4. The monoisotopic (exact) mass is 1850 g/mol. The molecule has 0 radical (unpaired) electrons. The van der Waals surface area contributed by atoms with Gasteiger partial charge in [0.1, 0.15) is 68.4 Å². The zero-order valence-corrected chi connectivity index (χ0v) is 74.8. The number of pyridine rings is 3. The molecular formula is C101H76F6N18O10S. The zero-order valence-electron chi connectivity index (χ0n) is 74.0. The summed E-state index contributed by atoms with van der Waals surface area (Å²) in [6.07, 6.45) is 12.4. The van der Waals surface area contributed by atoms with Crippen molar-refractivity contribution in [2.45, 2.75) is 76.2 Å². The second-order valence-electron chi connectivity index (χ2n) is 31.3. The average Bonchev–Trinajstić information content (AvgIpc) is 1.56. The molecule has 20 aromatic rings. The topological polar surface area (TPSA) is 379 Å². The lowest BCUT2D eigenvalue weighted by Crippen LogP contribution is -2.16. The summed E-state index contributed by atoms with van der Waals surface area (Å²) in [5.74, 6) is -6.73. The van der Waals surface area contributed by atoms with Gasteiger partial charge in [0, 0.05) is 79.5 Å². The number of benzene rings is 9. The summed E-state index contributed by atoms with van der Waals surface area (Å²) >= 11 is 1.18. The lowest BCUT2D eigenvalue weighted by Gasteiger charge is -2.09. The maximum atomic E-state index is 13.7. The molecule has 11 aromatic heterocycles. The predicted molar refractivity (Wildman–Crippen MR) is 501 cm³/mol. The number of anilines is 5. The highest BCUT2D eigenvalue weighted by molar-refractivity contribution is 7.08. The van der Waals surface area contributed by atoms with Gasteiger partial charge >= 0.3 is 0 Å². The molecule has 20 rings (SSSR count). The number of carbonyl (C=O) groups is 5. The predicted octanol–water partition coefficient (Wildman–Crippen LogP) is 23.2. The molecule has 0 bridgehead atoms. The summed E-state index contributed by atoms with van der Waals surface area (Å²) < 4.78 is 113. The van der Waals surface area contributed by atoms with Crippen molar-refractivity contribution in [3.63, 3.8) is 0 Å². The van der Waals surface area contributed by atoms with Crippen LogP contribution in [0.1, 0.15) is 113 Å². The van der Waals surface area contributed by atoms with Crippen molar-refractivity contribution in [2.24, 2.45) is 0 Å². The van der Waals surface area contributed by atoms with Gasteiger partial charge in [-0.25, -0.2) is 55.6 Å². The Morgan fingerprint density at radius 1 is 0.265 bits per heavy atom. The summed E-state index contributed by atoms with van der Waals surface area (Å²) in [6, 6.07) is 48.1. The molecule has 0 fully saturated rings. The van der Waals surface area contributed by atoms with E-state index >= 15 is 0 Å². The van der Waals surface area contributed by atoms with Crippen molar-refractivity contribution in [2.75, 3.05) is 26.6 Å². The minimum absolute atomic E-state index is 0.0228. The van der Waals surface area contributed by atoms with E-state index in [2.05, 4.69) is 97.7 Å². The van der Waals surface area contributed by atoms with Crippen molar-refractivity contribution in [1.29, 1.82) is 0 Å².